The van der Waals surface area contributed by atoms with Crippen molar-refractivity contribution in [1.29, 1.82) is 0 Å². The molecule has 0 fully saturated rings. The van der Waals surface area contributed by atoms with Crippen LogP contribution in [-0.2, 0) is 0 Å². The van der Waals surface area contributed by atoms with Crippen LogP contribution in [0.25, 0.3) is 5.69 Å². The largest absolute Gasteiger partial charge is 0.320 e. The number of aromatic nitrogens is 1. The summed E-state index contributed by atoms with van der Waals surface area (Å²) in [5, 5.41) is 0.653. The molecule has 1 aromatic heterocycles. The number of pyridine rings is 1. The van der Waals surface area contributed by atoms with E-state index in [9.17, 15) is 9.59 Å². The summed E-state index contributed by atoms with van der Waals surface area (Å²) in [4.78, 5) is 23.2. The maximum Gasteiger partial charge on any atom is 0.192 e. The maximum atomic E-state index is 11.7. The molecule has 0 bridgehead atoms. The SMILES string of the molecule is CC(=O)c1cn(-c2ccc(C)c(Cl)c2)c(C)cc1=O. The Morgan fingerprint density at radius 2 is 1.89 bits per heavy atom. The lowest BCUT2D eigenvalue weighted by Gasteiger charge is -2.13. The van der Waals surface area contributed by atoms with Crippen LogP contribution in [0.3, 0.4) is 0 Å². The summed E-state index contributed by atoms with van der Waals surface area (Å²) in [6, 6.07) is 7.09. The molecule has 1 heterocycles. The van der Waals surface area contributed by atoms with E-state index in [0.717, 1.165) is 16.9 Å². The third-order valence-electron chi connectivity index (χ3n) is 3.06. The van der Waals surface area contributed by atoms with Crippen LogP contribution in [0.2, 0.25) is 5.02 Å². The number of Topliss-reactive ketones (excluding diaryl/α,β-unsaturated/α-hetero) is 1. The van der Waals surface area contributed by atoms with Crippen molar-refractivity contribution in [2.45, 2.75) is 20.8 Å². The monoisotopic (exact) mass is 275 g/mol. The number of aryl methyl sites for hydroxylation is 2. The Hall–Kier alpha value is -1.87. The Bertz CT molecular complexity index is 717. The van der Waals surface area contributed by atoms with E-state index in [2.05, 4.69) is 0 Å². The standard InChI is InChI=1S/C15H14ClNO2/c1-9-4-5-12(7-14(9)16)17-8-13(11(3)18)15(19)6-10(17)2/h4-8H,1-3H3. The number of hydrogen-bond donors (Lipinski definition) is 0. The Morgan fingerprint density at radius 1 is 1.21 bits per heavy atom. The number of ketones is 1. The molecule has 0 aliphatic rings. The highest BCUT2D eigenvalue weighted by Gasteiger charge is 2.09. The smallest absolute Gasteiger partial charge is 0.192 e. The van der Waals surface area contributed by atoms with Gasteiger partial charge in [0.25, 0.3) is 0 Å². The second-order valence-electron chi connectivity index (χ2n) is 4.55. The molecule has 4 heteroatoms. The number of carbonyl (C=O) groups excluding carboxylic acids is 1. The summed E-state index contributed by atoms with van der Waals surface area (Å²) in [5.74, 6) is -0.239. The van der Waals surface area contributed by atoms with Crippen molar-refractivity contribution in [1.82, 2.24) is 4.57 Å². The highest BCUT2D eigenvalue weighted by molar-refractivity contribution is 6.31. The lowest BCUT2D eigenvalue weighted by atomic mass is 10.1. The van der Waals surface area contributed by atoms with E-state index in [1.165, 1.54) is 13.0 Å². The van der Waals surface area contributed by atoms with E-state index in [4.69, 9.17) is 11.6 Å². The summed E-state index contributed by atoms with van der Waals surface area (Å²) in [5.41, 5.74) is 2.50. The zero-order valence-electron chi connectivity index (χ0n) is 11.0. The number of hydrogen-bond acceptors (Lipinski definition) is 2. The highest BCUT2D eigenvalue weighted by atomic mass is 35.5. The first-order valence-corrected chi connectivity index (χ1v) is 6.28. The summed E-state index contributed by atoms with van der Waals surface area (Å²) in [6.45, 7) is 5.13. The van der Waals surface area contributed by atoms with Gasteiger partial charge in [-0.2, -0.15) is 0 Å². The number of halogens is 1. The van der Waals surface area contributed by atoms with Gasteiger partial charge in [-0.1, -0.05) is 17.7 Å². The average molecular weight is 276 g/mol. The van der Waals surface area contributed by atoms with Crippen LogP contribution in [0.4, 0.5) is 0 Å². The first-order valence-electron chi connectivity index (χ1n) is 5.91. The molecule has 2 aromatic rings. The number of benzene rings is 1. The number of carbonyl (C=O) groups is 1. The molecular weight excluding hydrogens is 262 g/mol. The molecule has 0 saturated heterocycles. The quantitative estimate of drug-likeness (QED) is 0.789. The van der Waals surface area contributed by atoms with Crippen LogP contribution in [0, 0.1) is 13.8 Å². The van der Waals surface area contributed by atoms with Crippen molar-refractivity contribution in [2.24, 2.45) is 0 Å². The van der Waals surface area contributed by atoms with Crippen molar-refractivity contribution < 1.29 is 4.79 Å². The molecule has 0 unspecified atom stereocenters. The van der Waals surface area contributed by atoms with Gasteiger partial charge in [-0.05, 0) is 38.5 Å². The second-order valence-corrected chi connectivity index (χ2v) is 4.96. The zero-order chi connectivity index (χ0) is 14.2. The Balaban J connectivity index is 2.68. The van der Waals surface area contributed by atoms with Gasteiger partial charge in [-0.25, -0.2) is 0 Å². The normalized spacial score (nSPS) is 10.5. The molecule has 98 valence electrons. The van der Waals surface area contributed by atoms with Gasteiger partial charge < -0.3 is 4.57 Å². The third kappa shape index (κ3) is 2.61. The fourth-order valence-corrected chi connectivity index (χ4v) is 2.08. The predicted octanol–water partition coefficient (Wildman–Crippen LogP) is 3.31. The molecule has 0 aliphatic carbocycles. The first kappa shape index (κ1) is 13.6. The lowest BCUT2D eigenvalue weighted by Crippen LogP contribution is -2.17. The van der Waals surface area contributed by atoms with E-state index in [0.29, 0.717) is 5.02 Å². The maximum absolute atomic E-state index is 11.7. The van der Waals surface area contributed by atoms with Gasteiger partial charge >= 0.3 is 0 Å². The molecule has 0 aliphatic heterocycles. The summed E-state index contributed by atoms with van der Waals surface area (Å²) < 4.78 is 1.80. The fraction of sp³-hybridized carbons (Fsp3) is 0.200. The molecule has 0 atom stereocenters. The summed E-state index contributed by atoms with van der Waals surface area (Å²) in [7, 11) is 0. The first-order chi connectivity index (χ1) is 8.90. The Kier molecular flexibility index (Phi) is 3.58. The van der Waals surface area contributed by atoms with Crippen molar-refractivity contribution >= 4 is 17.4 Å². The van der Waals surface area contributed by atoms with E-state index in [-0.39, 0.29) is 16.8 Å². The Labute approximate surface area is 116 Å². The Morgan fingerprint density at radius 3 is 2.47 bits per heavy atom. The van der Waals surface area contributed by atoms with Gasteiger partial charge in [0.1, 0.15) is 0 Å². The summed E-state index contributed by atoms with van der Waals surface area (Å²) >= 11 is 6.11. The van der Waals surface area contributed by atoms with E-state index < -0.39 is 0 Å². The van der Waals surface area contributed by atoms with Gasteiger partial charge in [-0.15, -0.1) is 0 Å². The lowest BCUT2D eigenvalue weighted by molar-refractivity contribution is 0.101. The van der Waals surface area contributed by atoms with Crippen molar-refractivity contribution in [3.05, 3.63) is 62.5 Å². The van der Waals surface area contributed by atoms with Crippen LogP contribution in [-0.4, -0.2) is 10.4 Å². The van der Waals surface area contributed by atoms with Gasteiger partial charge in [0.05, 0.1) is 5.56 Å². The minimum atomic E-state index is -0.251. The fourth-order valence-electron chi connectivity index (χ4n) is 1.91. The minimum absolute atomic E-state index is 0.183. The van der Waals surface area contributed by atoms with Gasteiger partial charge in [0.2, 0.25) is 0 Å². The molecule has 19 heavy (non-hydrogen) atoms. The van der Waals surface area contributed by atoms with Crippen molar-refractivity contribution in [2.75, 3.05) is 0 Å². The van der Waals surface area contributed by atoms with Crippen LogP contribution < -0.4 is 5.43 Å². The van der Waals surface area contributed by atoms with Gasteiger partial charge in [0, 0.05) is 28.7 Å². The molecule has 0 radical (unpaired) electrons. The molecule has 0 N–H and O–H groups in total. The zero-order valence-corrected chi connectivity index (χ0v) is 11.8. The highest BCUT2D eigenvalue weighted by Crippen LogP contribution is 2.20. The molecule has 0 saturated carbocycles. The average Bonchev–Trinajstić information content (AvgIpc) is 2.32. The molecule has 0 amide bonds. The van der Waals surface area contributed by atoms with E-state index >= 15 is 0 Å². The van der Waals surface area contributed by atoms with Crippen molar-refractivity contribution in [3.8, 4) is 5.69 Å². The van der Waals surface area contributed by atoms with E-state index in [1.54, 1.807) is 10.8 Å². The molecule has 0 spiro atoms. The number of nitrogens with zero attached hydrogens (tertiary/aromatic N) is 1. The van der Waals surface area contributed by atoms with Gasteiger partial charge in [-0.3, -0.25) is 9.59 Å². The van der Waals surface area contributed by atoms with E-state index in [1.807, 2.05) is 32.0 Å². The molecule has 2 rings (SSSR count). The molecule has 1 aromatic carbocycles. The summed E-state index contributed by atoms with van der Waals surface area (Å²) in [6.07, 6.45) is 1.57. The predicted molar refractivity (Wildman–Crippen MR) is 76.5 cm³/mol. The number of rotatable bonds is 2. The molecular formula is C15H14ClNO2. The third-order valence-corrected chi connectivity index (χ3v) is 3.46. The van der Waals surface area contributed by atoms with Crippen LogP contribution in [0.5, 0.6) is 0 Å². The van der Waals surface area contributed by atoms with Crippen molar-refractivity contribution in [3.63, 3.8) is 0 Å². The topological polar surface area (TPSA) is 39.1 Å². The van der Waals surface area contributed by atoms with Gasteiger partial charge in [0.15, 0.2) is 11.2 Å². The molecule has 3 nitrogen and oxygen atoms in total. The van der Waals surface area contributed by atoms with Crippen LogP contribution in [0.1, 0.15) is 28.5 Å². The second kappa shape index (κ2) is 5.02. The van der Waals surface area contributed by atoms with Crippen LogP contribution in [0.15, 0.2) is 35.3 Å². The van der Waals surface area contributed by atoms with Crippen LogP contribution >= 0.6 is 11.6 Å². The minimum Gasteiger partial charge on any atom is -0.320 e.